The number of nitrogens with one attached hydrogen (secondary N) is 1. The van der Waals surface area contributed by atoms with Gasteiger partial charge >= 0.3 is 24.0 Å². The van der Waals surface area contributed by atoms with Gasteiger partial charge in [-0.1, -0.05) is 18.2 Å². The number of benzene rings is 1. The number of carbonyl (C=O) groups is 2. The zero-order chi connectivity index (χ0) is 16.8. The van der Waals surface area contributed by atoms with Gasteiger partial charge in [0.2, 0.25) is 0 Å². The van der Waals surface area contributed by atoms with E-state index in [2.05, 4.69) is 9.47 Å². The lowest BCUT2D eigenvalue weighted by molar-refractivity contribution is -0.259. The Kier molecular flexibility index (Phi) is 5.61. The summed E-state index contributed by atoms with van der Waals surface area (Å²) in [7, 11) is 0.740. The lowest BCUT2D eigenvalue weighted by Gasteiger charge is -2.33. The van der Waals surface area contributed by atoms with Gasteiger partial charge < -0.3 is 14.2 Å². The highest BCUT2D eigenvalue weighted by molar-refractivity contribution is 5.85. The van der Waals surface area contributed by atoms with Crippen molar-refractivity contribution in [1.82, 2.24) is 5.32 Å². The molecule has 6 nitrogen and oxygen atoms in total. The van der Waals surface area contributed by atoms with E-state index in [-0.39, 0.29) is 12.4 Å². The summed E-state index contributed by atoms with van der Waals surface area (Å²) in [5, 5.41) is 1.39. The van der Waals surface area contributed by atoms with Gasteiger partial charge in [0.15, 0.2) is 0 Å². The number of halogens is 3. The number of methoxy groups -OCH3 is 1. The molecule has 1 aromatic carbocycles. The van der Waals surface area contributed by atoms with Gasteiger partial charge in [-0.05, 0) is 19.1 Å². The maximum absolute atomic E-state index is 13.4. The van der Waals surface area contributed by atoms with Crippen molar-refractivity contribution >= 4 is 12.1 Å². The number of hydrogen-bond donors (Lipinski definition) is 1. The van der Waals surface area contributed by atoms with E-state index in [0.717, 1.165) is 7.11 Å². The van der Waals surface area contributed by atoms with Crippen LogP contribution in [0.1, 0.15) is 6.92 Å². The lowest BCUT2D eigenvalue weighted by Crippen LogP contribution is -2.68. The summed E-state index contributed by atoms with van der Waals surface area (Å²) in [6.45, 7) is 1.21. The van der Waals surface area contributed by atoms with Crippen molar-refractivity contribution in [1.29, 1.82) is 0 Å². The second-order valence-corrected chi connectivity index (χ2v) is 3.93. The van der Waals surface area contributed by atoms with Crippen LogP contribution >= 0.6 is 0 Å². The Morgan fingerprint density at radius 1 is 1.18 bits per heavy atom. The summed E-state index contributed by atoms with van der Waals surface area (Å²) >= 11 is 0. The van der Waals surface area contributed by atoms with E-state index >= 15 is 0 Å². The van der Waals surface area contributed by atoms with Crippen LogP contribution in [0.5, 0.6) is 5.75 Å². The monoisotopic (exact) mass is 321 g/mol. The number of para-hydroxylation sites is 1. The molecule has 1 rings (SSSR count). The normalized spacial score (nSPS) is 13.7. The Morgan fingerprint density at radius 3 is 2.23 bits per heavy atom. The lowest BCUT2D eigenvalue weighted by atomic mass is 10.2. The van der Waals surface area contributed by atoms with Gasteiger partial charge in [0.25, 0.3) is 0 Å². The Balaban J connectivity index is 3.26. The summed E-state index contributed by atoms with van der Waals surface area (Å²) < 4.78 is 53.5. The summed E-state index contributed by atoms with van der Waals surface area (Å²) in [6, 6.07) is 6.72. The molecule has 0 radical (unpaired) electrons. The molecular formula is C13H14F3NO5. The molecule has 0 heterocycles. The predicted molar refractivity (Wildman–Crippen MR) is 68.0 cm³/mol. The largest absolute Gasteiger partial charge is 0.464 e. The van der Waals surface area contributed by atoms with E-state index in [1.807, 2.05) is 0 Å². The van der Waals surface area contributed by atoms with Gasteiger partial charge in [-0.2, -0.15) is 13.2 Å². The van der Waals surface area contributed by atoms with Crippen molar-refractivity contribution in [3.05, 3.63) is 30.3 Å². The van der Waals surface area contributed by atoms with Crippen LogP contribution in [0.2, 0.25) is 0 Å². The van der Waals surface area contributed by atoms with Crippen molar-refractivity contribution in [3.63, 3.8) is 0 Å². The smallest absolute Gasteiger partial charge is 0.461 e. The van der Waals surface area contributed by atoms with Crippen LogP contribution in [0.15, 0.2) is 30.3 Å². The SMILES string of the molecule is CCOC(=O)N[C@](Oc1ccccc1)(C(=O)OC)C(F)(F)F. The van der Waals surface area contributed by atoms with Crippen molar-refractivity contribution < 1.29 is 37.0 Å². The van der Waals surface area contributed by atoms with Gasteiger partial charge in [-0.15, -0.1) is 0 Å². The minimum atomic E-state index is -5.29. The number of alkyl carbamates (subject to hydrolysis) is 1. The van der Waals surface area contributed by atoms with Crippen molar-refractivity contribution in [2.45, 2.75) is 18.8 Å². The molecule has 1 N–H and O–H groups in total. The van der Waals surface area contributed by atoms with E-state index in [0.29, 0.717) is 0 Å². The molecule has 0 spiro atoms. The predicted octanol–water partition coefficient (Wildman–Crippen LogP) is 2.24. The average Bonchev–Trinajstić information content (AvgIpc) is 2.45. The molecule has 0 fully saturated rings. The number of carbonyl (C=O) groups excluding carboxylic acids is 2. The summed E-state index contributed by atoms with van der Waals surface area (Å²) in [4.78, 5) is 23.1. The molecule has 0 saturated carbocycles. The van der Waals surface area contributed by atoms with Crippen molar-refractivity contribution in [3.8, 4) is 5.75 Å². The first-order valence-electron chi connectivity index (χ1n) is 6.11. The fraction of sp³-hybridized carbons (Fsp3) is 0.385. The molecule has 0 bridgehead atoms. The third-order valence-corrected chi connectivity index (χ3v) is 2.44. The minimum absolute atomic E-state index is 0.188. The summed E-state index contributed by atoms with van der Waals surface area (Å²) in [5.41, 5.74) is -3.71. The molecule has 0 unspecified atom stereocenters. The van der Waals surface area contributed by atoms with E-state index in [9.17, 15) is 22.8 Å². The third kappa shape index (κ3) is 3.80. The number of amides is 1. The first-order chi connectivity index (χ1) is 10.3. The van der Waals surface area contributed by atoms with Crippen LogP contribution in [0, 0.1) is 0 Å². The van der Waals surface area contributed by atoms with Crippen LogP contribution < -0.4 is 10.1 Å². The van der Waals surface area contributed by atoms with Gasteiger partial charge in [0.1, 0.15) is 5.75 Å². The van der Waals surface area contributed by atoms with Gasteiger partial charge in [-0.25, -0.2) is 9.59 Å². The Hall–Kier alpha value is -2.45. The second-order valence-electron chi connectivity index (χ2n) is 3.93. The van der Waals surface area contributed by atoms with Crippen molar-refractivity contribution in [2.24, 2.45) is 0 Å². The van der Waals surface area contributed by atoms with E-state index < -0.39 is 24.0 Å². The molecule has 122 valence electrons. The van der Waals surface area contributed by atoms with Crippen LogP contribution in [0.25, 0.3) is 0 Å². The Morgan fingerprint density at radius 2 is 1.77 bits per heavy atom. The number of ether oxygens (including phenoxy) is 3. The zero-order valence-corrected chi connectivity index (χ0v) is 11.8. The fourth-order valence-corrected chi connectivity index (χ4v) is 1.48. The van der Waals surface area contributed by atoms with Crippen molar-refractivity contribution in [2.75, 3.05) is 13.7 Å². The van der Waals surface area contributed by atoms with Crippen LogP contribution in [-0.2, 0) is 14.3 Å². The molecule has 9 heteroatoms. The number of esters is 1. The molecule has 0 aliphatic rings. The van der Waals surface area contributed by atoms with E-state index in [4.69, 9.17) is 4.74 Å². The van der Waals surface area contributed by atoms with Crippen LogP contribution in [-0.4, -0.2) is 37.7 Å². The third-order valence-electron chi connectivity index (χ3n) is 2.44. The van der Waals surface area contributed by atoms with E-state index in [1.54, 1.807) is 6.07 Å². The van der Waals surface area contributed by atoms with Crippen LogP contribution in [0.3, 0.4) is 0 Å². The fourth-order valence-electron chi connectivity index (χ4n) is 1.48. The van der Waals surface area contributed by atoms with Crippen LogP contribution in [0.4, 0.5) is 18.0 Å². The Bertz CT molecular complexity index is 520. The molecule has 0 saturated heterocycles. The maximum Gasteiger partial charge on any atom is 0.461 e. The number of alkyl halides is 3. The standard InChI is InChI=1S/C13H14F3NO5/c1-3-21-11(19)17-12(10(18)20-2,13(14,15)16)22-9-7-5-4-6-8-9/h4-8H,3H2,1-2H3,(H,17,19)/t12-/m0/s1. The highest BCUT2D eigenvalue weighted by Crippen LogP contribution is 2.34. The molecular weight excluding hydrogens is 307 g/mol. The molecule has 22 heavy (non-hydrogen) atoms. The highest BCUT2D eigenvalue weighted by Gasteiger charge is 2.66. The highest BCUT2D eigenvalue weighted by atomic mass is 19.4. The van der Waals surface area contributed by atoms with E-state index in [1.165, 1.54) is 36.5 Å². The second kappa shape index (κ2) is 7.01. The van der Waals surface area contributed by atoms with Gasteiger partial charge in [-0.3, -0.25) is 5.32 Å². The summed E-state index contributed by atoms with van der Waals surface area (Å²) in [6.07, 6.45) is -6.76. The summed E-state index contributed by atoms with van der Waals surface area (Å²) in [5.74, 6) is -2.13. The average molecular weight is 321 g/mol. The molecule has 0 aliphatic carbocycles. The van der Waals surface area contributed by atoms with Gasteiger partial charge in [0.05, 0.1) is 13.7 Å². The topological polar surface area (TPSA) is 73.9 Å². The van der Waals surface area contributed by atoms with Gasteiger partial charge in [0, 0.05) is 0 Å². The first-order valence-corrected chi connectivity index (χ1v) is 6.11. The maximum atomic E-state index is 13.4. The quantitative estimate of drug-likeness (QED) is 0.665. The first kappa shape index (κ1) is 17.6. The molecule has 1 aromatic rings. The Labute approximate surface area is 124 Å². The minimum Gasteiger partial charge on any atom is -0.464 e. The molecule has 0 aliphatic heterocycles. The molecule has 1 amide bonds. The zero-order valence-electron chi connectivity index (χ0n) is 11.8. The molecule has 0 aromatic heterocycles. The number of rotatable bonds is 5. The number of hydrogen-bond acceptors (Lipinski definition) is 5. The molecule has 1 atom stereocenters.